The molecule has 1 fully saturated rings. The maximum atomic E-state index is 12.8. The minimum Gasteiger partial charge on any atom is -0.360 e. The molecule has 5 rings (SSSR count). The number of Topliss-reactive ketones (excluding diaryl/α,β-unsaturated/α-hetero) is 1. The number of para-hydroxylation sites is 1. The number of piperazine rings is 1. The van der Waals surface area contributed by atoms with Gasteiger partial charge in [-0.15, -0.1) is 0 Å². The summed E-state index contributed by atoms with van der Waals surface area (Å²) in [5, 5.41) is 1.03. The van der Waals surface area contributed by atoms with E-state index < -0.39 is 0 Å². The van der Waals surface area contributed by atoms with Crippen molar-refractivity contribution in [2.75, 3.05) is 32.7 Å². The number of ketones is 1. The summed E-state index contributed by atoms with van der Waals surface area (Å²) in [4.78, 5) is 21.1. The highest BCUT2D eigenvalue weighted by atomic mass is 16.1. The SMILES string of the molecule is O=C(CCCN1CCN(C(c2ccccc2)c2ccccc2)CC1)c1c[nH]c2ccccc12. The topological polar surface area (TPSA) is 39.3 Å². The molecule has 0 spiro atoms. The Morgan fingerprint density at radius 1 is 0.788 bits per heavy atom. The smallest absolute Gasteiger partial charge is 0.165 e. The van der Waals surface area contributed by atoms with E-state index in [0.717, 1.165) is 55.6 Å². The van der Waals surface area contributed by atoms with Crippen LogP contribution in [-0.4, -0.2) is 53.3 Å². The number of aromatic nitrogens is 1. The van der Waals surface area contributed by atoms with Crippen LogP contribution in [0.5, 0.6) is 0 Å². The predicted molar refractivity (Wildman–Crippen MR) is 135 cm³/mol. The fourth-order valence-electron chi connectivity index (χ4n) is 5.03. The molecule has 0 bridgehead atoms. The molecule has 1 aliphatic rings. The quantitative estimate of drug-likeness (QED) is 0.368. The second-order valence-electron chi connectivity index (χ2n) is 8.88. The van der Waals surface area contributed by atoms with E-state index in [1.807, 2.05) is 30.5 Å². The van der Waals surface area contributed by atoms with E-state index in [4.69, 9.17) is 0 Å². The summed E-state index contributed by atoms with van der Waals surface area (Å²) in [5.74, 6) is 0.235. The molecule has 0 radical (unpaired) electrons. The monoisotopic (exact) mass is 437 g/mol. The molecule has 4 heteroatoms. The third-order valence-electron chi connectivity index (χ3n) is 6.77. The fourth-order valence-corrected chi connectivity index (χ4v) is 5.03. The van der Waals surface area contributed by atoms with E-state index in [9.17, 15) is 4.79 Å². The maximum Gasteiger partial charge on any atom is 0.165 e. The summed E-state index contributed by atoms with van der Waals surface area (Å²) in [7, 11) is 0. The zero-order valence-electron chi connectivity index (χ0n) is 19.0. The normalized spacial score (nSPS) is 15.3. The van der Waals surface area contributed by atoms with E-state index in [-0.39, 0.29) is 11.8 Å². The van der Waals surface area contributed by atoms with Gasteiger partial charge in [0, 0.05) is 55.3 Å². The van der Waals surface area contributed by atoms with Crippen molar-refractivity contribution in [2.24, 2.45) is 0 Å². The lowest BCUT2D eigenvalue weighted by molar-refractivity contribution is 0.0943. The average Bonchev–Trinajstić information content (AvgIpc) is 3.31. The van der Waals surface area contributed by atoms with E-state index in [0.29, 0.717) is 6.42 Å². The van der Waals surface area contributed by atoms with Crippen molar-refractivity contribution >= 4 is 16.7 Å². The lowest BCUT2D eigenvalue weighted by Gasteiger charge is -2.39. The molecule has 168 valence electrons. The van der Waals surface area contributed by atoms with Gasteiger partial charge in [-0.1, -0.05) is 78.9 Å². The Balaban J connectivity index is 1.16. The van der Waals surface area contributed by atoms with Gasteiger partial charge in [-0.05, 0) is 30.2 Å². The average molecular weight is 438 g/mol. The number of carbonyl (C=O) groups is 1. The lowest BCUT2D eigenvalue weighted by atomic mass is 9.96. The molecule has 0 saturated carbocycles. The van der Waals surface area contributed by atoms with Gasteiger partial charge < -0.3 is 9.88 Å². The molecule has 0 atom stereocenters. The number of hydrogen-bond donors (Lipinski definition) is 1. The molecular formula is C29H31N3O. The lowest BCUT2D eigenvalue weighted by Crippen LogP contribution is -2.48. The van der Waals surface area contributed by atoms with Gasteiger partial charge in [0.1, 0.15) is 0 Å². The molecule has 33 heavy (non-hydrogen) atoms. The van der Waals surface area contributed by atoms with Crippen LogP contribution in [0.1, 0.15) is 40.4 Å². The minimum absolute atomic E-state index is 0.235. The van der Waals surface area contributed by atoms with Crippen LogP contribution in [0.25, 0.3) is 10.9 Å². The number of rotatable bonds is 8. The summed E-state index contributed by atoms with van der Waals surface area (Å²) in [6, 6.07) is 30.0. The molecule has 1 N–H and O–H groups in total. The Kier molecular flexibility index (Phi) is 6.66. The van der Waals surface area contributed by atoms with Crippen LogP contribution < -0.4 is 0 Å². The van der Waals surface area contributed by atoms with Gasteiger partial charge >= 0.3 is 0 Å². The van der Waals surface area contributed by atoms with Crippen LogP contribution in [0.15, 0.2) is 91.1 Å². The van der Waals surface area contributed by atoms with Gasteiger partial charge in [-0.25, -0.2) is 0 Å². The molecule has 0 aliphatic carbocycles. The summed E-state index contributed by atoms with van der Waals surface area (Å²) in [6.07, 6.45) is 3.36. The van der Waals surface area contributed by atoms with E-state index in [1.54, 1.807) is 0 Å². The fraction of sp³-hybridized carbons (Fsp3) is 0.276. The zero-order valence-corrected chi connectivity index (χ0v) is 19.0. The molecule has 1 saturated heterocycles. The van der Waals surface area contributed by atoms with Crippen molar-refractivity contribution in [3.05, 3.63) is 108 Å². The van der Waals surface area contributed by atoms with Gasteiger partial charge in [0.2, 0.25) is 0 Å². The van der Waals surface area contributed by atoms with Gasteiger partial charge in [0.25, 0.3) is 0 Å². The number of H-pyrrole nitrogens is 1. The van der Waals surface area contributed by atoms with Gasteiger partial charge in [0.15, 0.2) is 5.78 Å². The summed E-state index contributed by atoms with van der Waals surface area (Å²) >= 11 is 0. The third-order valence-corrected chi connectivity index (χ3v) is 6.77. The number of nitrogens with zero attached hydrogens (tertiary/aromatic N) is 2. The Morgan fingerprint density at radius 2 is 1.39 bits per heavy atom. The Hall–Kier alpha value is -3.21. The molecule has 2 heterocycles. The van der Waals surface area contributed by atoms with Crippen molar-refractivity contribution in [2.45, 2.75) is 18.9 Å². The molecule has 1 aliphatic heterocycles. The van der Waals surface area contributed by atoms with Crippen LogP contribution in [-0.2, 0) is 0 Å². The Bertz CT molecular complexity index is 1140. The number of hydrogen-bond acceptors (Lipinski definition) is 3. The van der Waals surface area contributed by atoms with E-state index in [1.165, 1.54) is 11.1 Å². The van der Waals surface area contributed by atoms with Crippen LogP contribution in [0, 0.1) is 0 Å². The summed E-state index contributed by atoms with van der Waals surface area (Å²) < 4.78 is 0. The highest BCUT2D eigenvalue weighted by Crippen LogP contribution is 2.29. The molecule has 0 unspecified atom stereocenters. The van der Waals surface area contributed by atoms with Crippen molar-refractivity contribution in [3.63, 3.8) is 0 Å². The molecule has 0 amide bonds. The highest BCUT2D eigenvalue weighted by Gasteiger charge is 2.26. The maximum absolute atomic E-state index is 12.8. The van der Waals surface area contributed by atoms with Crippen LogP contribution in [0.3, 0.4) is 0 Å². The highest BCUT2D eigenvalue weighted by molar-refractivity contribution is 6.07. The van der Waals surface area contributed by atoms with E-state index in [2.05, 4.69) is 75.4 Å². The Labute approximate surface area is 195 Å². The minimum atomic E-state index is 0.235. The standard InChI is InChI=1S/C29H31N3O/c33-28(26-22-30-27-15-8-7-14-25(26)27)16-9-17-31-18-20-32(21-19-31)29(23-10-3-1-4-11-23)24-12-5-2-6-13-24/h1-8,10-15,22,29-30H,9,16-21H2. The number of carbonyl (C=O) groups excluding carboxylic acids is 1. The Morgan fingerprint density at radius 3 is 2.06 bits per heavy atom. The molecular weight excluding hydrogens is 406 g/mol. The van der Waals surface area contributed by atoms with Crippen LogP contribution in [0.4, 0.5) is 0 Å². The van der Waals surface area contributed by atoms with E-state index >= 15 is 0 Å². The summed E-state index contributed by atoms with van der Waals surface area (Å²) in [5.41, 5.74) is 4.55. The first-order valence-electron chi connectivity index (χ1n) is 12.0. The molecule has 3 aromatic carbocycles. The first-order chi connectivity index (χ1) is 16.3. The first kappa shape index (κ1) is 21.6. The van der Waals surface area contributed by atoms with Gasteiger partial charge in [-0.2, -0.15) is 0 Å². The second kappa shape index (κ2) is 10.2. The second-order valence-corrected chi connectivity index (χ2v) is 8.88. The number of benzene rings is 3. The number of fused-ring (bicyclic) bond motifs is 1. The van der Waals surface area contributed by atoms with Gasteiger partial charge in [-0.3, -0.25) is 9.69 Å². The number of aromatic amines is 1. The molecule has 4 aromatic rings. The van der Waals surface area contributed by atoms with Crippen molar-refractivity contribution in [1.29, 1.82) is 0 Å². The van der Waals surface area contributed by atoms with Crippen molar-refractivity contribution < 1.29 is 4.79 Å². The zero-order chi connectivity index (χ0) is 22.5. The largest absolute Gasteiger partial charge is 0.360 e. The third kappa shape index (κ3) is 4.92. The summed E-state index contributed by atoms with van der Waals surface area (Å²) in [6.45, 7) is 5.12. The van der Waals surface area contributed by atoms with Crippen LogP contribution >= 0.6 is 0 Å². The molecule has 4 nitrogen and oxygen atoms in total. The first-order valence-corrected chi connectivity index (χ1v) is 12.0. The molecule has 1 aromatic heterocycles. The van der Waals surface area contributed by atoms with Gasteiger partial charge in [0.05, 0.1) is 6.04 Å². The van der Waals surface area contributed by atoms with Crippen LogP contribution in [0.2, 0.25) is 0 Å². The van der Waals surface area contributed by atoms with Crippen molar-refractivity contribution in [1.82, 2.24) is 14.8 Å². The van der Waals surface area contributed by atoms with Crippen molar-refractivity contribution in [3.8, 4) is 0 Å². The predicted octanol–water partition coefficient (Wildman–Crippen LogP) is 5.54. The number of nitrogens with one attached hydrogen (secondary N) is 1.